The van der Waals surface area contributed by atoms with Crippen LogP contribution in [0.2, 0.25) is 0 Å². The van der Waals surface area contributed by atoms with E-state index in [4.69, 9.17) is 33.2 Å². The van der Waals surface area contributed by atoms with Crippen LogP contribution < -0.4 is 38.5 Å². The van der Waals surface area contributed by atoms with Crippen molar-refractivity contribution < 1.29 is 46.4 Å². The number of ketones is 1. The van der Waals surface area contributed by atoms with E-state index in [9.17, 15) is 13.2 Å². The molecule has 1 heterocycles. The highest BCUT2D eigenvalue weighted by molar-refractivity contribution is 9.10. The summed E-state index contributed by atoms with van der Waals surface area (Å²) in [5, 5.41) is 4.01. The lowest BCUT2D eigenvalue weighted by molar-refractivity contribution is 0.104. The molecule has 0 amide bonds. The average Bonchev–Trinajstić information content (AvgIpc) is 3.02. The van der Waals surface area contributed by atoms with Gasteiger partial charge in [0.15, 0.2) is 27.1 Å². The van der Waals surface area contributed by atoms with Crippen LogP contribution in [0.25, 0.3) is 6.08 Å². The maximum atomic E-state index is 13.0. The van der Waals surface area contributed by atoms with Crippen molar-refractivity contribution in [2.45, 2.75) is 5.75 Å². The predicted octanol–water partition coefficient (Wildman–Crippen LogP) is 5.30. The van der Waals surface area contributed by atoms with Gasteiger partial charge in [0, 0.05) is 41.6 Å². The summed E-state index contributed by atoms with van der Waals surface area (Å²) >= 11 is 3.40. The SMILES string of the molecule is COc1cc(OC)c(C=CS(=O)(=O)Cc2cnc(OC)c(NC=CC(=O)c3cc(OC)c(OC)c(OC)c3Br)c2)c(OC)c1. The number of anilines is 1. The number of nitrogens with zero attached hydrogens (tertiary/aromatic N) is 1. The first-order valence-corrected chi connectivity index (χ1v) is 15.3. The van der Waals surface area contributed by atoms with Crippen LogP contribution in [0, 0.1) is 0 Å². The van der Waals surface area contributed by atoms with Gasteiger partial charge in [-0.3, -0.25) is 4.79 Å². The summed E-state index contributed by atoms with van der Waals surface area (Å²) < 4.78 is 63.9. The second kappa shape index (κ2) is 15.3. The molecule has 0 unspecified atom stereocenters. The van der Waals surface area contributed by atoms with E-state index in [0.717, 1.165) is 5.41 Å². The average molecular weight is 694 g/mol. The number of carbonyl (C=O) groups excluding carboxylic acids is 1. The van der Waals surface area contributed by atoms with E-state index in [2.05, 4.69) is 26.2 Å². The summed E-state index contributed by atoms with van der Waals surface area (Å²) in [6.45, 7) is 0. The van der Waals surface area contributed by atoms with E-state index in [-0.39, 0.29) is 23.0 Å². The molecule has 0 aliphatic rings. The second-order valence-electron chi connectivity index (χ2n) is 8.80. The minimum absolute atomic E-state index is 0.195. The van der Waals surface area contributed by atoms with Crippen molar-refractivity contribution >= 4 is 43.3 Å². The lowest BCUT2D eigenvalue weighted by atomic mass is 10.1. The number of aromatic nitrogens is 1. The Labute approximate surface area is 264 Å². The lowest BCUT2D eigenvalue weighted by Crippen LogP contribution is -2.05. The highest BCUT2D eigenvalue weighted by Gasteiger charge is 2.22. The van der Waals surface area contributed by atoms with Crippen molar-refractivity contribution in [1.82, 2.24) is 4.98 Å². The first kappa shape index (κ1) is 34.1. The monoisotopic (exact) mass is 692 g/mol. The van der Waals surface area contributed by atoms with Gasteiger partial charge in [-0.1, -0.05) is 0 Å². The third-order valence-corrected chi connectivity index (χ3v) is 8.25. The maximum Gasteiger partial charge on any atom is 0.237 e. The number of benzene rings is 2. The number of methoxy groups -OCH3 is 7. The van der Waals surface area contributed by atoms with Crippen molar-refractivity contribution in [3.8, 4) is 40.4 Å². The number of ether oxygens (including phenoxy) is 7. The highest BCUT2D eigenvalue weighted by Crippen LogP contribution is 2.45. The predicted molar refractivity (Wildman–Crippen MR) is 169 cm³/mol. The smallest absolute Gasteiger partial charge is 0.237 e. The summed E-state index contributed by atoms with van der Waals surface area (Å²) in [4.78, 5) is 17.3. The third kappa shape index (κ3) is 7.94. The molecular formula is C30H33BrN2O10S. The highest BCUT2D eigenvalue weighted by atomic mass is 79.9. The molecule has 0 aliphatic heterocycles. The Morgan fingerprint density at radius 2 is 1.48 bits per heavy atom. The van der Waals surface area contributed by atoms with Gasteiger partial charge >= 0.3 is 0 Å². The fourth-order valence-electron chi connectivity index (χ4n) is 4.09. The van der Waals surface area contributed by atoms with Crippen LogP contribution in [0.15, 0.2) is 52.6 Å². The van der Waals surface area contributed by atoms with Crippen molar-refractivity contribution in [2.75, 3.05) is 55.1 Å². The standard InChI is InChI=1S/C30H33BrN2O10S/c1-37-19-13-24(38-2)20(25(14-19)39-3)9-11-44(35,36)17-18-12-22(30(43-7)33-16-18)32-10-8-23(34)21-15-26(40-4)28(41-5)29(42-6)27(21)31/h8-16,32H,17H2,1-7H3. The zero-order chi connectivity index (χ0) is 32.4. The van der Waals surface area contributed by atoms with Crippen molar-refractivity contribution in [1.29, 1.82) is 0 Å². The van der Waals surface area contributed by atoms with E-state index < -0.39 is 9.84 Å². The quantitative estimate of drug-likeness (QED) is 0.163. The van der Waals surface area contributed by atoms with Gasteiger partial charge in [0.2, 0.25) is 11.6 Å². The molecule has 12 nitrogen and oxygen atoms in total. The first-order chi connectivity index (χ1) is 21.1. The normalized spacial score (nSPS) is 11.4. The number of rotatable bonds is 15. The van der Waals surface area contributed by atoms with Gasteiger partial charge in [-0.05, 0) is 39.7 Å². The molecule has 0 fully saturated rings. The first-order valence-electron chi connectivity index (χ1n) is 12.8. The fraction of sp³-hybridized carbons (Fsp3) is 0.267. The zero-order valence-corrected chi connectivity index (χ0v) is 27.6. The Morgan fingerprint density at radius 3 is 2.02 bits per heavy atom. The molecule has 3 aromatic rings. The van der Waals surface area contributed by atoms with Gasteiger partial charge in [0.05, 0.1) is 65.6 Å². The zero-order valence-electron chi connectivity index (χ0n) is 25.2. The molecule has 0 saturated carbocycles. The molecule has 14 heteroatoms. The van der Waals surface area contributed by atoms with E-state index in [0.29, 0.717) is 55.8 Å². The molecule has 3 rings (SSSR count). The summed E-state index contributed by atoms with van der Waals surface area (Å²) in [6, 6.07) is 6.34. The Balaban J connectivity index is 1.84. The Hall–Kier alpha value is -4.43. The number of halogens is 1. The Kier molecular flexibility index (Phi) is 11.9. The number of nitrogens with one attached hydrogen (secondary N) is 1. The summed E-state index contributed by atoms with van der Waals surface area (Å²) in [6.07, 6.45) is 5.47. The molecule has 44 heavy (non-hydrogen) atoms. The fourth-order valence-corrected chi connectivity index (χ4v) is 5.80. The van der Waals surface area contributed by atoms with Crippen LogP contribution in [0.4, 0.5) is 5.69 Å². The van der Waals surface area contributed by atoms with Crippen LogP contribution in [0.3, 0.4) is 0 Å². The molecule has 0 bridgehead atoms. The van der Waals surface area contributed by atoms with E-state index in [1.807, 2.05) is 0 Å². The molecule has 236 valence electrons. The number of hydrogen-bond acceptors (Lipinski definition) is 12. The Morgan fingerprint density at radius 1 is 0.841 bits per heavy atom. The molecule has 2 aromatic carbocycles. The topological polar surface area (TPSA) is 141 Å². The largest absolute Gasteiger partial charge is 0.496 e. The van der Waals surface area contributed by atoms with Gasteiger partial charge in [0.1, 0.15) is 22.9 Å². The van der Waals surface area contributed by atoms with E-state index in [1.54, 1.807) is 18.2 Å². The molecular weight excluding hydrogens is 660 g/mol. The third-order valence-electron chi connectivity index (χ3n) is 6.17. The number of sulfone groups is 1. The van der Waals surface area contributed by atoms with Gasteiger partial charge in [-0.25, -0.2) is 13.4 Å². The molecule has 0 saturated heterocycles. The summed E-state index contributed by atoms with van der Waals surface area (Å²) in [7, 11) is 6.44. The van der Waals surface area contributed by atoms with Gasteiger partial charge < -0.3 is 38.5 Å². The van der Waals surface area contributed by atoms with Gasteiger partial charge in [-0.15, -0.1) is 0 Å². The minimum Gasteiger partial charge on any atom is -0.496 e. The molecule has 1 N–H and O–H groups in total. The van der Waals surface area contributed by atoms with Gasteiger partial charge in [-0.2, -0.15) is 0 Å². The van der Waals surface area contributed by atoms with Crippen molar-refractivity contribution in [3.05, 3.63) is 69.3 Å². The number of carbonyl (C=O) groups is 1. The van der Waals surface area contributed by atoms with Crippen LogP contribution in [-0.4, -0.2) is 69.0 Å². The number of pyridine rings is 1. The lowest BCUT2D eigenvalue weighted by Gasteiger charge is -2.15. The molecule has 0 spiro atoms. The van der Waals surface area contributed by atoms with Crippen molar-refractivity contribution in [2.24, 2.45) is 0 Å². The summed E-state index contributed by atoms with van der Waals surface area (Å²) in [5.41, 5.74) is 1.41. The molecule has 1 aromatic heterocycles. The molecule has 0 radical (unpaired) electrons. The van der Waals surface area contributed by atoms with E-state index in [1.165, 1.54) is 80.4 Å². The maximum absolute atomic E-state index is 13.0. The van der Waals surface area contributed by atoms with Crippen LogP contribution in [-0.2, 0) is 15.6 Å². The van der Waals surface area contributed by atoms with Crippen LogP contribution >= 0.6 is 15.9 Å². The van der Waals surface area contributed by atoms with Gasteiger partial charge in [0.25, 0.3) is 0 Å². The second-order valence-corrected chi connectivity index (χ2v) is 11.5. The van der Waals surface area contributed by atoms with Crippen molar-refractivity contribution in [3.63, 3.8) is 0 Å². The van der Waals surface area contributed by atoms with E-state index >= 15 is 0 Å². The number of allylic oxidation sites excluding steroid dienone is 1. The van der Waals surface area contributed by atoms with Crippen LogP contribution in [0.5, 0.6) is 40.4 Å². The minimum atomic E-state index is -3.77. The summed E-state index contributed by atoms with van der Waals surface area (Å²) in [5.74, 6) is 1.65. The van der Waals surface area contributed by atoms with Crippen LogP contribution in [0.1, 0.15) is 21.5 Å². The Bertz CT molecular complexity index is 1650. The number of hydrogen-bond donors (Lipinski definition) is 1. The molecule has 0 atom stereocenters. The molecule has 0 aliphatic carbocycles.